The molecule has 108 valence electrons. The van der Waals surface area contributed by atoms with Gasteiger partial charge in [0.1, 0.15) is 4.21 Å². The Morgan fingerprint density at radius 2 is 2.16 bits per heavy atom. The molecule has 1 saturated heterocycles. The topological polar surface area (TPSA) is 49.4 Å². The molecule has 1 aromatic rings. The lowest BCUT2D eigenvalue weighted by molar-refractivity contribution is 0.262. The van der Waals surface area contributed by atoms with Crippen LogP contribution in [0.2, 0.25) is 0 Å². The number of piperidine rings is 1. The molecule has 0 spiro atoms. The second kappa shape index (κ2) is 6.67. The summed E-state index contributed by atoms with van der Waals surface area (Å²) in [5, 5.41) is 5.09. The third-order valence-corrected chi connectivity index (χ3v) is 7.89. The Morgan fingerprint density at radius 1 is 1.47 bits per heavy atom. The first-order valence-electron chi connectivity index (χ1n) is 6.53. The van der Waals surface area contributed by atoms with E-state index in [1.54, 1.807) is 10.4 Å². The first-order valence-corrected chi connectivity index (χ1v) is 9.64. The minimum atomic E-state index is -3.37. The fourth-order valence-electron chi connectivity index (χ4n) is 2.38. The number of rotatable bonds is 5. The van der Waals surface area contributed by atoms with E-state index in [0.29, 0.717) is 15.2 Å². The molecule has 19 heavy (non-hydrogen) atoms. The molecule has 0 aliphatic carbocycles. The van der Waals surface area contributed by atoms with Gasteiger partial charge >= 0.3 is 0 Å². The second-order valence-corrected chi connectivity index (χ2v) is 8.51. The molecule has 0 bridgehead atoms. The molecule has 1 aromatic heterocycles. The third-order valence-electron chi connectivity index (χ3n) is 3.29. The summed E-state index contributed by atoms with van der Waals surface area (Å²) < 4.78 is 28.4. The summed E-state index contributed by atoms with van der Waals surface area (Å²) in [6.07, 6.45) is 2.62. The highest BCUT2D eigenvalue weighted by Gasteiger charge is 2.33. The summed E-state index contributed by atoms with van der Waals surface area (Å²) >= 11 is 4.62. The molecule has 0 saturated carbocycles. The molecule has 0 unspecified atom stereocenters. The summed E-state index contributed by atoms with van der Waals surface area (Å²) in [7, 11) is -3.37. The Kier molecular flexibility index (Phi) is 5.42. The van der Waals surface area contributed by atoms with Gasteiger partial charge in [-0.25, -0.2) is 8.42 Å². The van der Waals surface area contributed by atoms with Crippen molar-refractivity contribution in [2.75, 3.05) is 19.6 Å². The summed E-state index contributed by atoms with van der Waals surface area (Å²) in [5.41, 5.74) is 0. The lowest BCUT2D eigenvalue weighted by Crippen LogP contribution is -2.46. The SMILES string of the molecule is CCCN(C1CCNCC1)S(=O)(=O)c1sccc1Br. The van der Waals surface area contributed by atoms with Crippen LogP contribution in [0, 0.1) is 0 Å². The lowest BCUT2D eigenvalue weighted by atomic mass is 10.1. The minimum absolute atomic E-state index is 0.125. The summed E-state index contributed by atoms with van der Waals surface area (Å²) in [4.78, 5) is 0. The number of nitrogens with one attached hydrogen (secondary N) is 1. The van der Waals surface area contributed by atoms with Crippen molar-refractivity contribution in [1.29, 1.82) is 0 Å². The standard InChI is InChI=1S/C12H19BrN2O2S2/c1-2-8-15(10-3-6-14-7-4-10)19(16,17)12-11(13)5-9-18-12/h5,9-10,14H,2-4,6-8H2,1H3. The number of hydrogen-bond donors (Lipinski definition) is 1. The molecule has 0 radical (unpaired) electrons. The Hall–Kier alpha value is 0.0500. The summed E-state index contributed by atoms with van der Waals surface area (Å²) in [5.74, 6) is 0. The van der Waals surface area contributed by atoms with Crippen molar-refractivity contribution in [2.45, 2.75) is 36.4 Å². The highest BCUT2D eigenvalue weighted by Crippen LogP contribution is 2.32. The summed E-state index contributed by atoms with van der Waals surface area (Å²) in [6, 6.07) is 1.92. The second-order valence-electron chi connectivity index (χ2n) is 4.65. The molecule has 1 N–H and O–H groups in total. The molecule has 2 heterocycles. The largest absolute Gasteiger partial charge is 0.317 e. The van der Waals surface area contributed by atoms with Crippen LogP contribution >= 0.6 is 27.3 Å². The van der Waals surface area contributed by atoms with E-state index in [2.05, 4.69) is 21.2 Å². The lowest BCUT2D eigenvalue weighted by Gasteiger charge is -2.33. The molecule has 0 aromatic carbocycles. The number of thiophene rings is 1. The van der Waals surface area contributed by atoms with Crippen molar-refractivity contribution in [3.63, 3.8) is 0 Å². The van der Waals surface area contributed by atoms with E-state index in [1.165, 1.54) is 11.3 Å². The van der Waals surface area contributed by atoms with Gasteiger partial charge in [0.25, 0.3) is 10.0 Å². The molecule has 0 amide bonds. The van der Waals surface area contributed by atoms with Crippen molar-refractivity contribution in [3.05, 3.63) is 15.9 Å². The Balaban J connectivity index is 2.29. The van der Waals surface area contributed by atoms with Crippen LogP contribution in [-0.2, 0) is 10.0 Å². The van der Waals surface area contributed by atoms with Gasteiger partial charge in [-0.05, 0) is 59.7 Å². The quantitative estimate of drug-likeness (QED) is 0.871. The smallest absolute Gasteiger partial charge is 0.253 e. The highest BCUT2D eigenvalue weighted by atomic mass is 79.9. The Bertz CT molecular complexity index is 510. The van der Waals surface area contributed by atoms with Gasteiger partial charge in [0.2, 0.25) is 0 Å². The van der Waals surface area contributed by atoms with Gasteiger partial charge in [-0.1, -0.05) is 6.92 Å². The average Bonchev–Trinajstić information content (AvgIpc) is 2.84. The van der Waals surface area contributed by atoms with Crippen LogP contribution in [0.1, 0.15) is 26.2 Å². The van der Waals surface area contributed by atoms with Crippen molar-refractivity contribution < 1.29 is 8.42 Å². The third kappa shape index (κ3) is 3.39. The van der Waals surface area contributed by atoms with Crippen LogP contribution in [0.4, 0.5) is 0 Å². The van der Waals surface area contributed by atoms with Crippen LogP contribution in [0.5, 0.6) is 0 Å². The predicted molar refractivity (Wildman–Crippen MR) is 82.1 cm³/mol. The van der Waals surface area contributed by atoms with Gasteiger partial charge in [0.15, 0.2) is 0 Å². The molecule has 2 rings (SSSR count). The zero-order chi connectivity index (χ0) is 13.9. The number of sulfonamides is 1. The Labute approximate surface area is 127 Å². The molecular formula is C12H19BrN2O2S2. The number of nitrogens with zero attached hydrogens (tertiary/aromatic N) is 1. The van der Waals surface area contributed by atoms with E-state index in [9.17, 15) is 8.42 Å². The van der Waals surface area contributed by atoms with Crippen molar-refractivity contribution >= 4 is 37.3 Å². The van der Waals surface area contributed by atoms with Crippen LogP contribution in [-0.4, -0.2) is 38.4 Å². The van der Waals surface area contributed by atoms with E-state index >= 15 is 0 Å². The van der Waals surface area contributed by atoms with Crippen molar-refractivity contribution in [3.8, 4) is 0 Å². The maximum Gasteiger partial charge on any atom is 0.253 e. The monoisotopic (exact) mass is 366 g/mol. The first-order chi connectivity index (χ1) is 9.07. The Morgan fingerprint density at radius 3 is 2.68 bits per heavy atom. The maximum atomic E-state index is 12.8. The molecule has 0 atom stereocenters. The normalized spacial score (nSPS) is 18.1. The fraction of sp³-hybridized carbons (Fsp3) is 0.667. The zero-order valence-electron chi connectivity index (χ0n) is 10.9. The van der Waals surface area contributed by atoms with Crippen molar-refractivity contribution in [1.82, 2.24) is 9.62 Å². The molecule has 1 fully saturated rings. The summed E-state index contributed by atoms with van der Waals surface area (Å²) in [6.45, 7) is 4.41. The number of hydrogen-bond acceptors (Lipinski definition) is 4. The van der Waals surface area contributed by atoms with Crippen LogP contribution in [0.25, 0.3) is 0 Å². The fourth-order valence-corrected chi connectivity index (χ4v) is 6.59. The molecular weight excluding hydrogens is 348 g/mol. The number of halogens is 1. The average molecular weight is 367 g/mol. The van der Waals surface area contributed by atoms with E-state index in [4.69, 9.17) is 0 Å². The van der Waals surface area contributed by atoms with Gasteiger partial charge in [0.05, 0.1) is 0 Å². The van der Waals surface area contributed by atoms with Crippen LogP contribution < -0.4 is 5.32 Å². The molecule has 1 aliphatic rings. The van der Waals surface area contributed by atoms with E-state index < -0.39 is 10.0 Å². The van der Waals surface area contributed by atoms with Crippen LogP contribution in [0.15, 0.2) is 20.1 Å². The van der Waals surface area contributed by atoms with Gasteiger partial charge in [-0.15, -0.1) is 11.3 Å². The van der Waals surface area contributed by atoms with Crippen LogP contribution in [0.3, 0.4) is 0 Å². The van der Waals surface area contributed by atoms with E-state index in [-0.39, 0.29) is 6.04 Å². The molecule has 7 heteroatoms. The first kappa shape index (κ1) is 15.4. The predicted octanol–water partition coefficient (Wildman–Crippen LogP) is 2.66. The zero-order valence-corrected chi connectivity index (χ0v) is 14.2. The molecule has 1 aliphatic heterocycles. The maximum absolute atomic E-state index is 12.8. The molecule has 4 nitrogen and oxygen atoms in total. The van der Waals surface area contributed by atoms with Gasteiger partial charge in [-0.3, -0.25) is 0 Å². The van der Waals surface area contributed by atoms with Gasteiger partial charge < -0.3 is 5.32 Å². The minimum Gasteiger partial charge on any atom is -0.317 e. The van der Waals surface area contributed by atoms with Gasteiger partial charge in [0, 0.05) is 17.1 Å². The van der Waals surface area contributed by atoms with Crippen molar-refractivity contribution in [2.24, 2.45) is 0 Å². The van der Waals surface area contributed by atoms with E-state index in [1.807, 2.05) is 12.3 Å². The van der Waals surface area contributed by atoms with E-state index in [0.717, 1.165) is 32.4 Å². The van der Waals surface area contributed by atoms with Gasteiger partial charge in [-0.2, -0.15) is 4.31 Å². The highest BCUT2D eigenvalue weighted by molar-refractivity contribution is 9.10.